The van der Waals surface area contributed by atoms with Crippen molar-refractivity contribution in [3.63, 3.8) is 0 Å². The van der Waals surface area contributed by atoms with Crippen LogP contribution in [0.4, 0.5) is 10.2 Å². The van der Waals surface area contributed by atoms with Crippen LogP contribution in [-0.2, 0) is 4.74 Å². The second-order valence-corrected chi connectivity index (χ2v) is 8.74. The maximum atomic E-state index is 13.7. The third kappa shape index (κ3) is 3.23. The van der Waals surface area contributed by atoms with Gasteiger partial charge in [-0.2, -0.15) is 9.61 Å². The summed E-state index contributed by atoms with van der Waals surface area (Å²) in [5, 5.41) is 20.5. The minimum atomic E-state index is -1.01. The number of aromatic nitrogens is 5. The lowest BCUT2D eigenvalue weighted by atomic mass is 9.90. The van der Waals surface area contributed by atoms with E-state index in [2.05, 4.69) is 20.7 Å². The number of aliphatic hydroxyl groups excluding tert-OH is 1. The molecule has 4 aliphatic rings. The number of carbonyl (C=O) groups is 1. The Morgan fingerprint density at radius 1 is 1.26 bits per heavy atom. The first-order chi connectivity index (χ1) is 16.5. The molecule has 34 heavy (non-hydrogen) atoms. The van der Waals surface area contributed by atoms with Gasteiger partial charge in [-0.25, -0.2) is 14.4 Å². The van der Waals surface area contributed by atoms with E-state index in [1.165, 1.54) is 6.20 Å². The number of anilines is 1. The van der Waals surface area contributed by atoms with E-state index in [9.17, 15) is 14.3 Å². The number of alkyl halides is 1. The molecule has 1 saturated carbocycles. The fraction of sp³-hybridized carbons (Fsp3) is 0.391. The summed E-state index contributed by atoms with van der Waals surface area (Å²) in [4.78, 5) is 22.2. The zero-order valence-electron chi connectivity index (χ0n) is 18.5. The molecule has 1 saturated heterocycles. The van der Waals surface area contributed by atoms with Gasteiger partial charge in [0.15, 0.2) is 5.65 Å². The van der Waals surface area contributed by atoms with Crippen molar-refractivity contribution in [1.82, 2.24) is 29.5 Å². The quantitative estimate of drug-likeness (QED) is 0.412. The maximum Gasteiger partial charge on any atom is 0.257 e. The Balaban J connectivity index is 1.41. The Labute approximate surface area is 194 Å². The molecule has 1 aliphatic carbocycles. The number of halogens is 1. The fourth-order valence-corrected chi connectivity index (χ4v) is 4.63. The summed E-state index contributed by atoms with van der Waals surface area (Å²) >= 11 is 0. The van der Waals surface area contributed by atoms with Crippen molar-refractivity contribution in [3.05, 3.63) is 42.4 Å². The molecule has 11 heteroatoms. The molecular formula is C23H24FN7O3. The van der Waals surface area contributed by atoms with Gasteiger partial charge in [0.05, 0.1) is 37.2 Å². The van der Waals surface area contributed by atoms with Crippen LogP contribution in [0.2, 0.25) is 0 Å². The Hall–Kier alpha value is -3.57. The van der Waals surface area contributed by atoms with Crippen molar-refractivity contribution in [2.45, 2.75) is 37.2 Å². The van der Waals surface area contributed by atoms with Crippen LogP contribution in [0.25, 0.3) is 28.3 Å². The van der Waals surface area contributed by atoms with E-state index < -0.39 is 24.2 Å². The molecule has 2 fully saturated rings. The summed E-state index contributed by atoms with van der Waals surface area (Å²) in [7, 11) is 1.76. The number of aliphatic hydroxyl groups is 1. The van der Waals surface area contributed by atoms with E-state index in [1.54, 1.807) is 17.8 Å². The summed E-state index contributed by atoms with van der Waals surface area (Å²) in [6.07, 6.45) is 4.54. The molecule has 3 N–H and O–H groups in total. The highest BCUT2D eigenvalue weighted by Crippen LogP contribution is 2.36. The molecule has 4 atom stereocenters. The Morgan fingerprint density at radius 2 is 2.15 bits per heavy atom. The predicted octanol–water partition coefficient (Wildman–Crippen LogP) is 1.90. The molecule has 1 unspecified atom stereocenters. The van der Waals surface area contributed by atoms with Crippen molar-refractivity contribution in [2.24, 2.45) is 0 Å². The summed E-state index contributed by atoms with van der Waals surface area (Å²) in [6, 6.07) is 5.00. The maximum absolute atomic E-state index is 13.7. The number of nitrogens with zero attached hydrogens (tertiary/aromatic N) is 5. The van der Waals surface area contributed by atoms with Gasteiger partial charge < -0.3 is 25.0 Å². The number of rotatable bonds is 5. The third-order valence-corrected chi connectivity index (χ3v) is 6.73. The lowest BCUT2D eigenvalue weighted by molar-refractivity contribution is 0.0826. The van der Waals surface area contributed by atoms with Crippen molar-refractivity contribution in [1.29, 1.82) is 0 Å². The van der Waals surface area contributed by atoms with Gasteiger partial charge in [0.1, 0.15) is 29.5 Å². The van der Waals surface area contributed by atoms with Gasteiger partial charge in [-0.15, -0.1) is 0 Å². The van der Waals surface area contributed by atoms with Crippen LogP contribution < -0.4 is 10.6 Å². The van der Waals surface area contributed by atoms with Crippen LogP contribution in [0, 0.1) is 0 Å². The van der Waals surface area contributed by atoms with Crippen molar-refractivity contribution in [2.75, 3.05) is 25.6 Å². The highest BCUT2D eigenvalue weighted by molar-refractivity contribution is 6.00. The molecular weight excluding hydrogens is 441 g/mol. The first kappa shape index (κ1) is 21.0. The van der Waals surface area contributed by atoms with Gasteiger partial charge in [-0.05, 0) is 25.0 Å². The number of ether oxygens (including phenoxy) is 1. The second-order valence-electron chi connectivity index (χ2n) is 8.74. The monoisotopic (exact) mass is 465 g/mol. The molecule has 0 bridgehead atoms. The first-order valence-corrected chi connectivity index (χ1v) is 11.3. The third-order valence-electron chi connectivity index (χ3n) is 6.73. The van der Waals surface area contributed by atoms with Crippen LogP contribution in [-0.4, -0.2) is 73.7 Å². The molecule has 10 nitrogen and oxygen atoms in total. The molecule has 176 valence electrons. The SMILES string of the molecule is CNc1cc(-c2cnc3n([C@@H]4COC[C@H]4O)cccc2-3)nc2c(C(=O)NC3CC[C@@H]3F)cnn12. The second kappa shape index (κ2) is 8.03. The molecule has 1 amide bonds. The van der Waals surface area contributed by atoms with E-state index in [0.29, 0.717) is 49.0 Å². The number of hydrogen-bond donors (Lipinski definition) is 3. The lowest BCUT2D eigenvalue weighted by Crippen LogP contribution is -2.48. The molecule has 0 aromatic carbocycles. The molecule has 0 spiro atoms. The van der Waals surface area contributed by atoms with Gasteiger partial charge in [0.25, 0.3) is 5.91 Å². The topological polar surface area (TPSA) is 119 Å². The zero-order chi connectivity index (χ0) is 23.4. The average molecular weight is 465 g/mol. The van der Waals surface area contributed by atoms with Crippen molar-refractivity contribution >= 4 is 17.4 Å². The van der Waals surface area contributed by atoms with E-state index in [0.717, 1.165) is 11.1 Å². The normalized spacial score (nSPS) is 24.4. The molecule has 5 heterocycles. The Kier molecular flexibility index (Phi) is 4.96. The minimum Gasteiger partial charge on any atom is -0.388 e. The lowest BCUT2D eigenvalue weighted by Gasteiger charge is -2.30. The number of pyridine rings is 1. The Morgan fingerprint density at radius 3 is 2.85 bits per heavy atom. The summed E-state index contributed by atoms with van der Waals surface area (Å²) < 4.78 is 22.6. The van der Waals surface area contributed by atoms with E-state index in [4.69, 9.17) is 9.72 Å². The highest BCUT2D eigenvalue weighted by Gasteiger charge is 2.33. The summed E-state index contributed by atoms with van der Waals surface area (Å²) in [5.41, 5.74) is 2.91. The van der Waals surface area contributed by atoms with Gasteiger partial charge in [0, 0.05) is 36.6 Å². The van der Waals surface area contributed by atoms with Gasteiger partial charge in [-0.1, -0.05) is 0 Å². The van der Waals surface area contributed by atoms with Crippen molar-refractivity contribution in [3.8, 4) is 22.6 Å². The fourth-order valence-electron chi connectivity index (χ4n) is 4.63. The highest BCUT2D eigenvalue weighted by atomic mass is 19.1. The average Bonchev–Trinajstić information content (AvgIpc) is 3.58. The predicted molar refractivity (Wildman–Crippen MR) is 122 cm³/mol. The Bertz CT molecular complexity index is 1350. The van der Waals surface area contributed by atoms with Crippen LogP contribution in [0.5, 0.6) is 0 Å². The molecule has 2 aromatic rings. The largest absolute Gasteiger partial charge is 0.388 e. The van der Waals surface area contributed by atoms with E-state index in [-0.39, 0.29) is 11.6 Å². The molecule has 6 rings (SSSR count). The van der Waals surface area contributed by atoms with Crippen LogP contribution in [0.1, 0.15) is 29.2 Å². The van der Waals surface area contributed by atoms with Gasteiger partial charge in [0.2, 0.25) is 0 Å². The number of nitrogens with one attached hydrogen (secondary N) is 2. The molecule has 2 aromatic heterocycles. The summed E-state index contributed by atoms with van der Waals surface area (Å²) in [6.45, 7) is 0.706. The van der Waals surface area contributed by atoms with Crippen LogP contribution in [0.15, 0.2) is 36.8 Å². The standard InChI is InChI=1S/C23H24FN7O3/c1-25-20-7-17(28-22-14(9-27-31(20)22)23(33)29-16-5-4-15(16)24)13-8-26-21-12(13)3-2-6-30(21)18-10-34-11-19(18)32/h2-3,6-9,15-16,18-19,25,32H,4-5,10-11H2,1H3,(H,29,33)/t15-,16?,18+,19+/m0/s1. The summed E-state index contributed by atoms with van der Waals surface area (Å²) in [5.74, 6) is 0.960. The first-order valence-electron chi connectivity index (χ1n) is 11.3. The number of hydrogen-bond acceptors (Lipinski definition) is 7. The van der Waals surface area contributed by atoms with Gasteiger partial charge >= 0.3 is 0 Å². The smallest absolute Gasteiger partial charge is 0.257 e. The van der Waals surface area contributed by atoms with E-state index in [1.807, 2.05) is 29.0 Å². The van der Waals surface area contributed by atoms with Gasteiger partial charge in [-0.3, -0.25) is 4.79 Å². The minimum absolute atomic E-state index is 0.217. The van der Waals surface area contributed by atoms with E-state index >= 15 is 0 Å². The number of amides is 1. The zero-order valence-corrected chi connectivity index (χ0v) is 18.5. The number of fused-ring (bicyclic) bond motifs is 2. The van der Waals surface area contributed by atoms with Crippen LogP contribution >= 0.6 is 0 Å². The molecule has 3 aliphatic heterocycles. The van der Waals surface area contributed by atoms with Crippen molar-refractivity contribution < 1.29 is 19.0 Å². The van der Waals surface area contributed by atoms with Crippen LogP contribution in [0.3, 0.4) is 0 Å². The number of carbonyl (C=O) groups excluding carboxylic acids is 1. The molecule has 0 radical (unpaired) electrons.